The van der Waals surface area contributed by atoms with E-state index in [4.69, 9.17) is 4.74 Å². The number of carbonyl (C=O) groups excluding carboxylic acids is 1. The fourth-order valence-electron chi connectivity index (χ4n) is 1.34. The van der Waals surface area contributed by atoms with Gasteiger partial charge < -0.3 is 4.74 Å². The molecule has 0 aromatic heterocycles. The molecule has 0 saturated carbocycles. The number of rotatable bonds is 7. The summed E-state index contributed by atoms with van der Waals surface area (Å²) < 4.78 is 5.30. The van der Waals surface area contributed by atoms with Gasteiger partial charge in [0.05, 0.1) is 0 Å². The topological polar surface area (TPSA) is 50.7 Å². The predicted molar refractivity (Wildman–Crippen MR) is 72.7 cm³/mol. The average Bonchev–Trinajstić information content (AvgIpc) is 2.41. The van der Waals surface area contributed by atoms with Crippen molar-refractivity contribution in [3.8, 4) is 5.75 Å². The maximum Gasteiger partial charge on any atom is 0.277 e. The average molecular weight is 248 g/mol. The highest BCUT2D eigenvalue weighted by molar-refractivity contribution is 5.84. The lowest BCUT2D eigenvalue weighted by Gasteiger charge is -2.05. The normalized spacial score (nSPS) is 11.1. The Kier molecular flexibility index (Phi) is 6.54. The van der Waals surface area contributed by atoms with Crippen LogP contribution in [0.5, 0.6) is 5.75 Å². The lowest BCUT2D eigenvalue weighted by atomic mass is 10.2. The highest BCUT2D eigenvalue weighted by Crippen LogP contribution is 2.07. The molecular weight excluding hydrogens is 228 g/mol. The maximum absolute atomic E-state index is 11.5. The number of ether oxygens (including phenoxy) is 1. The fraction of sp³-hybridized carbons (Fsp3) is 0.429. The van der Waals surface area contributed by atoms with Gasteiger partial charge in [0, 0.05) is 5.71 Å². The van der Waals surface area contributed by atoms with E-state index in [2.05, 4.69) is 17.5 Å². The molecule has 0 atom stereocenters. The highest BCUT2D eigenvalue weighted by Gasteiger charge is 2.01. The first-order chi connectivity index (χ1) is 8.72. The van der Waals surface area contributed by atoms with Crippen molar-refractivity contribution in [2.45, 2.75) is 33.1 Å². The van der Waals surface area contributed by atoms with Crippen molar-refractivity contribution in [1.82, 2.24) is 5.43 Å². The van der Waals surface area contributed by atoms with Crippen LogP contribution in [0.25, 0.3) is 0 Å². The van der Waals surface area contributed by atoms with E-state index in [1.807, 2.05) is 37.3 Å². The molecule has 0 aliphatic rings. The lowest BCUT2D eigenvalue weighted by Crippen LogP contribution is -2.25. The number of hydrogen-bond acceptors (Lipinski definition) is 3. The number of nitrogens with zero attached hydrogens (tertiary/aromatic N) is 1. The van der Waals surface area contributed by atoms with Crippen molar-refractivity contribution in [2.24, 2.45) is 5.10 Å². The number of unbranched alkanes of at least 4 members (excludes halogenated alkanes) is 1. The zero-order valence-electron chi connectivity index (χ0n) is 11.0. The van der Waals surface area contributed by atoms with Gasteiger partial charge >= 0.3 is 0 Å². The molecule has 0 unspecified atom stereocenters. The van der Waals surface area contributed by atoms with Crippen molar-refractivity contribution in [3.05, 3.63) is 30.3 Å². The Morgan fingerprint density at radius 2 is 2.06 bits per heavy atom. The number of hydrazone groups is 1. The Labute approximate surface area is 108 Å². The SMILES string of the molecule is CCCC/C(C)=N/NC(=O)COc1ccccc1. The Hall–Kier alpha value is -1.84. The standard InChI is InChI=1S/C14H20N2O2/c1-3-4-8-12(2)15-16-14(17)11-18-13-9-6-5-7-10-13/h5-7,9-10H,3-4,8,11H2,1-2H3,(H,16,17)/b15-12+. The second kappa shape index (κ2) is 8.28. The Morgan fingerprint density at radius 1 is 1.33 bits per heavy atom. The van der Waals surface area contributed by atoms with Crippen LogP contribution in [0.15, 0.2) is 35.4 Å². The lowest BCUT2D eigenvalue weighted by molar-refractivity contribution is -0.123. The molecule has 0 aliphatic heterocycles. The van der Waals surface area contributed by atoms with E-state index in [0.29, 0.717) is 5.75 Å². The van der Waals surface area contributed by atoms with Crippen LogP contribution < -0.4 is 10.2 Å². The van der Waals surface area contributed by atoms with E-state index in [-0.39, 0.29) is 12.5 Å². The minimum absolute atomic E-state index is 0.0193. The first-order valence-electron chi connectivity index (χ1n) is 6.22. The number of nitrogens with one attached hydrogen (secondary N) is 1. The van der Waals surface area contributed by atoms with Crippen molar-refractivity contribution in [1.29, 1.82) is 0 Å². The van der Waals surface area contributed by atoms with Crippen molar-refractivity contribution >= 4 is 11.6 Å². The van der Waals surface area contributed by atoms with E-state index in [9.17, 15) is 4.79 Å². The van der Waals surface area contributed by atoms with Gasteiger partial charge in [-0.3, -0.25) is 4.79 Å². The quantitative estimate of drug-likeness (QED) is 0.596. The summed E-state index contributed by atoms with van der Waals surface area (Å²) in [6, 6.07) is 9.24. The number of para-hydroxylation sites is 1. The molecule has 0 aliphatic carbocycles. The Balaban J connectivity index is 2.25. The van der Waals surface area contributed by atoms with Gasteiger partial charge in [-0.1, -0.05) is 31.5 Å². The maximum atomic E-state index is 11.5. The summed E-state index contributed by atoms with van der Waals surface area (Å²) in [6.07, 6.45) is 3.12. The van der Waals surface area contributed by atoms with Crippen molar-refractivity contribution in [2.75, 3.05) is 6.61 Å². The first-order valence-corrected chi connectivity index (χ1v) is 6.22. The highest BCUT2D eigenvalue weighted by atomic mass is 16.5. The molecule has 0 heterocycles. The molecule has 0 radical (unpaired) electrons. The molecule has 1 amide bonds. The Morgan fingerprint density at radius 3 is 2.72 bits per heavy atom. The second-order valence-corrected chi connectivity index (χ2v) is 4.09. The molecule has 98 valence electrons. The van der Waals surface area contributed by atoms with Gasteiger partial charge in [0.15, 0.2) is 6.61 Å². The molecule has 0 saturated heterocycles. The van der Waals surface area contributed by atoms with Crippen LogP contribution in [0.3, 0.4) is 0 Å². The van der Waals surface area contributed by atoms with Crippen molar-refractivity contribution < 1.29 is 9.53 Å². The predicted octanol–water partition coefficient (Wildman–Crippen LogP) is 2.75. The van der Waals surface area contributed by atoms with Gasteiger partial charge in [0.25, 0.3) is 5.91 Å². The molecule has 0 spiro atoms. The van der Waals surface area contributed by atoms with Crippen LogP contribution in [0.2, 0.25) is 0 Å². The molecule has 1 aromatic carbocycles. The fourth-order valence-corrected chi connectivity index (χ4v) is 1.34. The van der Waals surface area contributed by atoms with Crippen LogP contribution in [0, 0.1) is 0 Å². The number of amides is 1. The third-order valence-corrected chi connectivity index (χ3v) is 2.38. The third-order valence-electron chi connectivity index (χ3n) is 2.38. The summed E-state index contributed by atoms with van der Waals surface area (Å²) in [5.41, 5.74) is 3.42. The van der Waals surface area contributed by atoms with Crippen LogP contribution in [-0.2, 0) is 4.79 Å². The summed E-state index contributed by atoms with van der Waals surface area (Å²) in [5.74, 6) is 0.439. The zero-order chi connectivity index (χ0) is 13.2. The van der Waals surface area contributed by atoms with E-state index < -0.39 is 0 Å². The monoisotopic (exact) mass is 248 g/mol. The van der Waals surface area contributed by atoms with Crippen LogP contribution in [0.4, 0.5) is 0 Å². The molecule has 1 N–H and O–H groups in total. The molecule has 4 nitrogen and oxygen atoms in total. The summed E-state index contributed by atoms with van der Waals surface area (Å²) in [4.78, 5) is 11.5. The number of hydrogen-bond donors (Lipinski definition) is 1. The second-order valence-electron chi connectivity index (χ2n) is 4.09. The van der Waals surface area contributed by atoms with Gasteiger partial charge in [-0.05, 0) is 31.9 Å². The Bertz CT molecular complexity index is 388. The summed E-state index contributed by atoms with van der Waals surface area (Å²) >= 11 is 0. The zero-order valence-corrected chi connectivity index (χ0v) is 11.0. The summed E-state index contributed by atoms with van der Waals surface area (Å²) in [5, 5.41) is 4.01. The van der Waals surface area contributed by atoms with Crippen LogP contribution >= 0.6 is 0 Å². The van der Waals surface area contributed by atoms with Gasteiger partial charge in [-0.15, -0.1) is 0 Å². The molecule has 18 heavy (non-hydrogen) atoms. The van der Waals surface area contributed by atoms with E-state index >= 15 is 0 Å². The van der Waals surface area contributed by atoms with Gasteiger partial charge in [-0.2, -0.15) is 5.10 Å². The van der Waals surface area contributed by atoms with E-state index in [0.717, 1.165) is 25.0 Å². The minimum Gasteiger partial charge on any atom is -0.484 e. The number of benzene rings is 1. The van der Waals surface area contributed by atoms with Gasteiger partial charge in [0.2, 0.25) is 0 Å². The van der Waals surface area contributed by atoms with Gasteiger partial charge in [-0.25, -0.2) is 5.43 Å². The van der Waals surface area contributed by atoms with Crippen LogP contribution in [-0.4, -0.2) is 18.2 Å². The minimum atomic E-state index is -0.241. The largest absolute Gasteiger partial charge is 0.484 e. The molecule has 0 bridgehead atoms. The molecule has 4 heteroatoms. The smallest absolute Gasteiger partial charge is 0.277 e. The first kappa shape index (κ1) is 14.2. The van der Waals surface area contributed by atoms with Crippen LogP contribution in [0.1, 0.15) is 33.1 Å². The van der Waals surface area contributed by atoms with E-state index in [1.165, 1.54) is 0 Å². The molecule has 1 rings (SSSR count). The summed E-state index contributed by atoms with van der Waals surface area (Å²) in [7, 11) is 0. The molecule has 1 aromatic rings. The van der Waals surface area contributed by atoms with E-state index in [1.54, 1.807) is 0 Å². The molecule has 0 fully saturated rings. The van der Waals surface area contributed by atoms with Crippen molar-refractivity contribution in [3.63, 3.8) is 0 Å². The van der Waals surface area contributed by atoms with Gasteiger partial charge in [0.1, 0.15) is 5.75 Å². The number of carbonyl (C=O) groups is 1. The summed E-state index contributed by atoms with van der Waals surface area (Å²) in [6.45, 7) is 4.02. The third kappa shape index (κ3) is 6.03. The molecular formula is C14H20N2O2.